The van der Waals surface area contributed by atoms with Gasteiger partial charge >= 0.3 is 0 Å². The molecular weight excluding hydrogens is 272 g/mol. The lowest BCUT2D eigenvalue weighted by molar-refractivity contribution is 0.177. The molecule has 2 rings (SSSR count). The van der Waals surface area contributed by atoms with E-state index in [4.69, 9.17) is 10.6 Å². The Morgan fingerprint density at radius 1 is 1.44 bits per heavy atom. The Balaban J connectivity index is 2.23. The van der Waals surface area contributed by atoms with Gasteiger partial charge in [0.1, 0.15) is 22.5 Å². The number of rotatable bonds is 5. The zero-order chi connectivity index (χ0) is 13.0. The van der Waals surface area contributed by atoms with Crippen molar-refractivity contribution in [2.45, 2.75) is 22.9 Å². The molecule has 0 saturated carbocycles. The van der Waals surface area contributed by atoms with Crippen molar-refractivity contribution >= 4 is 28.9 Å². The maximum absolute atomic E-state index is 5.37. The third kappa shape index (κ3) is 3.35. The average Bonchev–Trinajstić information content (AvgIpc) is 2.75. The van der Waals surface area contributed by atoms with E-state index >= 15 is 0 Å². The van der Waals surface area contributed by atoms with E-state index in [-0.39, 0.29) is 0 Å². The molecule has 0 unspecified atom stereocenters. The molecule has 3 N–H and O–H groups in total. The van der Waals surface area contributed by atoms with Crippen LogP contribution in [0, 0.1) is 6.92 Å². The second kappa shape index (κ2) is 6.05. The smallest absolute Gasteiger partial charge is 0.180 e. The number of aryl methyl sites for hydroxylation is 1. The van der Waals surface area contributed by atoms with Gasteiger partial charge in [-0.15, -0.1) is 10.2 Å². The fourth-order valence-corrected chi connectivity index (χ4v) is 2.98. The first-order valence-corrected chi connectivity index (χ1v) is 6.66. The highest BCUT2D eigenvalue weighted by Gasteiger charge is 2.08. The molecule has 0 spiro atoms. The Labute approximate surface area is 112 Å². The molecule has 0 bridgehead atoms. The van der Waals surface area contributed by atoms with Crippen LogP contribution in [-0.4, -0.2) is 27.3 Å². The first-order chi connectivity index (χ1) is 8.71. The van der Waals surface area contributed by atoms with Gasteiger partial charge in [0.25, 0.3) is 0 Å². The minimum atomic E-state index is 0.332. The van der Waals surface area contributed by atoms with Crippen LogP contribution in [0.1, 0.15) is 10.8 Å². The van der Waals surface area contributed by atoms with Crippen LogP contribution in [0.2, 0.25) is 0 Å². The molecule has 0 aliphatic heterocycles. The van der Waals surface area contributed by atoms with Crippen LogP contribution < -0.4 is 11.3 Å². The fraction of sp³-hybridized carbons (Fsp3) is 0.333. The quantitative estimate of drug-likeness (QED) is 0.480. The molecule has 9 heteroatoms. The van der Waals surface area contributed by atoms with Crippen molar-refractivity contribution in [2.24, 2.45) is 5.84 Å². The molecule has 0 fully saturated rings. The van der Waals surface area contributed by atoms with Gasteiger partial charge in [-0.05, 0) is 18.7 Å². The molecule has 7 nitrogen and oxygen atoms in total. The second-order valence-corrected chi connectivity index (χ2v) is 5.72. The van der Waals surface area contributed by atoms with Gasteiger partial charge in [0.05, 0.1) is 0 Å². The first-order valence-electron chi connectivity index (χ1n) is 5.02. The summed E-state index contributed by atoms with van der Waals surface area (Å²) in [6, 6.07) is 1.75. The Morgan fingerprint density at radius 3 is 2.89 bits per heavy atom. The van der Waals surface area contributed by atoms with Crippen LogP contribution in [0.3, 0.4) is 0 Å². The number of anilines is 1. The van der Waals surface area contributed by atoms with Crippen molar-refractivity contribution in [3.63, 3.8) is 0 Å². The van der Waals surface area contributed by atoms with E-state index in [2.05, 4.69) is 25.6 Å². The monoisotopic (exact) mass is 284 g/mol. The molecule has 18 heavy (non-hydrogen) atoms. The van der Waals surface area contributed by atoms with E-state index in [1.807, 2.05) is 6.92 Å². The zero-order valence-electron chi connectivity index (χ0n) is 9.88. The summed E-state index contributed by atoms with van der Waals surface area (Å²) in [4.78, 5) is 8.52. The lowest BCUT2D eigenvalue weighted by atomic mass is 10.5. The Morgan fingerprint density at radius 2 is 2.28 bits per heavy atom. The highest BCUT2D eigenvalue weighted by Crippen LogP contribution is 2.29. The van der Waals surface area contributed by atoms with Gasteiger partial charge in [0.15, 0.2) is 10.2 Å². The molecule has 0 aromatic carbocycles. The lowest BCUT2D eigenvalue weighted by Gasteiger charge is -2.05. The molecule has 0 saturated heterocycles. The average molecular weight is 284 g/mol. The topological polar surface area (TPSA) is 98.8 Å². The van der Waals surface area contributed by atoms with Crippen molar-refractivity contribution in [2.75, 3.05) is 12.5 Å². The number of ether oxygens (including phenoxy) is 1. The number of nitrogens with zero attached hydrogens (tertiary/aromatic N) is 4. The molecule has 96 valence electrons. The SMILES string of the molecule is COCc1nc(NN)cc(Sc2nnc(C)s2)n1. The Kier molecular flexibility index (Phi) is 4.42. The van der Waals surface area contributed by atoms with Gasteiger partial charge in [-0.25, -0.2) is 15.8 Å². The molecule has 2 aromatic rings. The molecule has 0 atom stereocenters. The number of methoxy groups -OCH3 is 1. The molecule has 0 amide bonds. The fourth-order valence-electron chi connectivity index (χ4n) is 1.20. The predicted molar refractivity (Wildman–Crippen MR) is 69.3 cm³/mol. The number of hydrogen-bond donors (Lipinski definition) is 2. The van der Waals surface area contributed by atoms with Crippen molar-refractivity contribution < 1.29 is 4.74 Å². The largest absolute Gasteiger partial charge is 0.377 e. The summed E-state index contributed by atoms with van der Waals surface area (Å²) in [6.45, 7) is 2.24. The first kappa shape index (κ1) is 13.1. The minimum Gasteiger partial charge on any atom is -0.377 e. The van der Waals surface area contributed by atoms with Crippen molar-refractivity contribution in [1.29, 1.82) is 0 Å². The van der Waals surface area contributed by atoms with E-state index < -0.39 is 0 Å². The Bertz CT molecular complexity index is 532. The van der Waals surface area contributed by atoms with Crippen LogP contribution >= 0.6 is 23.1 Å². The van der Waals surface area contributed by atoms with Gasteiger partial charge in [-0.3, -0.25) is 0 Å². The molecular formula is C9H12N6OS2. The third-order valence-electron chi connectivity index (χ3n) is 1.87. The molecule has 2 aromatic heterocycles. The van der Waals surface area contributed by atoms with Gasteiger partial charge < -0.3 is 10.2 Å². The normalized spacial score (nSPS) is 10.6. The van der Waals surface area contributed by atoms with Gasteiger partial charge in [0, 0.05) is 13.2 Å². The van der Waals surface area contributed by atoms with Crippen LogP contribution in [0.5, 0.6) is 0 Å². The standard InChI is InChI=1S/C9H12N6OS2/c1-5-14-15-9(17-5)18-8-3-6(13-10)11-7(12-8)4-16-2/h3H,4,10H2,1-2H3,(H,11,12,13). The van der Waals surface area contributed by atoms with Crippen LogP contribution in [0.25, 0.3) is 0 Å². The molecule has 0 radical (unpaired) electrons. The Hall–Kier alpha value is -1.29. The molecule has 2 heterocycles. The number of nitrogens with two attached hydrogens (primary N) is 1. The summed E-state index contributed by atoms with van der Waals surface area (Å²) < 4.78 is 5.84. The summed E-state index contributed by atoms with van der Waals surface area (Å²) in [5.41, 5.74) is 2.50. The maximum atomic E-state index is 5.37. The number of aromatic nitrogens is 4. The van der Waals surface area contributed by atoms with Crippen LogP contribution in [0.15, 0.2) is 15.4 Å². The third-order valence-corrected chi connectivity index (χ3v) is 3.68. The highest BCUT2D eigenvalue weighted by molar-refractivity contribution is 8.01. The van der Waals surface area contributed by atoms with Crippen molar-refractivity contribution in [3.05, 3.63) is 16.9 Å². The number of nitrogen functional groups attached to an aromatic ring is 1. The zero-order valence-corrected chi connectivity index (χ0v) is 11.5. The van der Waals surface area contributed by atoms with E-state index in [1.165, 1.54) is 23.1 Å². The van der Waals surface area contributed by atoms with E-state index in [1.54, 1.807) is 13.2 Å². The van der Waals surface area contributed by atoms with Gasteiger partial charge in [-0.2, -0.15) is 0 Å². The predicted octanol–water partition coefficient (Wildman–Crippen LogP) is 1.22. The highest BCUT2D eigenvalue weighted by atomic mass is 32.2. The van der Waals surface area contributed by atoms with Crippen molar-refractivity contribution in [3.8, 4) is 0 Å². The molecule has 0 aliphatic carbocycles. The van der Waals surface area contributed by atoms with Crippen molar-refractivity contribution in [1.82, 2.24) is 20.2 Å². The van der Waals surface area contributed by atoms with E-state index in [0.717, 1.165) is 14.4 Å². The van der Waals surface area contributed by atoms with Crippen LogP contribution in [0.4, 0.5) is 5.82 Å². The molecule has 0 aliphatic rings. The number of hydrogen-bond acceptors (Lipinski definition) is 9. The summed E-state index contributed by atoms with van der Waals surface area (Å²) >= 11 is 2.93. The maximum Gasteiger partial charge on any atom is 0.180 e. The lowest BCUT2D eigenvalue weighted by Crippen LogP contribution is -2.11. The minimum absolute atomic E-state index is 0.332. The summed E-state index contributed by atoms with van der Waals surface area (Å²) in [7, 11) is 1.59. The van der Waals surface area contributed by atoms with Crippen LogP contribution in [-0.2, 0) is 11.3 Å². The number of nitrogens with one attached hydrogen (secondary N) is 1. The summed E-state index contributed by atoms with van der Waals surface area (Å²) in [6.07, 6.45) is 0. The van der Waals surface area contributed by atoms with E-state index in [0.29, 0.717) is 18.2 Å². The van der Waals surface area contributed by atoms with Gasteiger partial charge in [-0.1, -0.05) is 11.3 Å². The summed E-state index contributed by atoms with van der Waals surface area (Å²) in [5, 5.41) is 9.65. The van der Waals surface area contributed by atoms with E-state index in [9.17, 15) is 0 Å². The summed E-state index contributed by atoms with van der Waals surface area (Å²) in [5.74, 6) is 6.47. The number of hydrazine groups is 1. The van der Waals surface area contributed by atoms with Gasteiger partial charge in [0.2, 0.25) is 0 Å². The second-order valence-electron chi connectivity index (χ2n) is 3.27.